The summed E-state index contributed by atoms with van der Waals surface area (Å²) in [7, 11) is 1.59. The molecule has 1 fully saturated rings. The van der Waals surface area contributed by atoms with Crippen molar-refractivity contribution in [3.8, 4) is 5.75 Å². The van der Waals surface area contributed by atoms with Gasteiger partial charge in [-0.1, -0.05) is 11.2 Å². The summed E-state index contributed by atoms with van der Waals surface area (Å²) in [6.07, 6.45) is 6.02. The number of hydrogen-bond acceptors (Lipinski definition) is 6. The quantitative estimate of drug-likeness (QED) is 0.657. The number of rotatable bonds is 6. The standard InChI is InChI=1S/C23H24N4O4/c1-30-18-9-7-17(8-10-18)23(29)27-12-3-2-6-20(27)21-13-19(26-31-21)22(28)25-15-16-5-4-11-24-14-16/h4-5,7-11,13-14,20H,2-3,6,12,15H2,1H3,(H,25,28). The van der Waals surface area contributed by atoms with E-state index in [1.807, 2.05) is 12.1 Å². The molecule has 3 heterocycles. The normalized spacial score (nSPS) is 16.0. The summed E-state index contributed by atoms with van der Waals surface area (Å²) < 4.78 is 10.7. The molecule has 3 aromatic rings. The highest BCUT2D eigenvalue weighted by Gasteiger charge is 2.32. The van der Waals surface area contributed by atoms with E-state index < -0.39 is 0 Å². The van der Waals surface area contributed by atoms with Gasteiger partial charge in [0.1, 0.15) is 5.75 Å². The van der Waals surface area contributed by atoms with E-state index in [0.717, 1.165) is 24.8 Å². The first-order valence-corrected chi connectivity index (χ1v) is 10.2. The second-order valence-corrected chi connectivity index (χ2v) is 7.40. The van der Waals surface area contributed by atoms with Gasteiger partial charge in [0, 0.05) is 37.1 Å². The minimum atomic E-state index is -0.331. The zero-order valence-electron chi connectivity index (χ0n) is 17.3. The van der Waals surface area contributed by atoms with Crippen molar-refractivity contribution in [3.05, 3.63) is 77.4 Å². The molecule has 1 aliphatic rings. The van der Waals surface area contributed by atoms with Gasteiger partial charge in [-0.3, -0.25) is 14.6 Å². The third kappa shape index (κ3) is 4.74. The number of piperidine rings is 1. The average molecular weight is 420 g/mol. The molecule has 31 heavy (non-hydrogen) atoms. The van der Waals surface area contributed by atoms with Crippen LogP contribution in [0.5, 0.6) is 5.75 Å². The van der Waals surface area contributed by atoms with Crippen molar-refractivity contribution in [1.82, 2.24) is 20.4 Å². The molecule has 2 amide bonds. The molecular formula is C23H24N4O4. The van der Waals surface area contributed by atoms with Crippen LogP contribution in [-0.4, -0.2) is 40.5 Å². The van der Waals surface area contributed by atoms with E-state index in [2.05, 4.69) is 15.5 Å². The maximum atomic E-state index is 13.1. The van der Waals surface area contributed by atoms with E-state index in [1.54, 1.807) is 54.7 Å². The summed E-state index contributed by atoms with van der Waals surface area (Å²) in [5.41, 5.74) is 1.67. The van der Waals surface area contributed by atoms with Gasteiger partial charge in [0.25, 0.3) is 11.8 Å². The lowest BCUT2D eigenvalue weighted by Gasteiger charge is -2.34. The Morgan fingerprint density at radius 1 is 1.23 bits per heavy atom. The van der Waals surface area contributed by atoms with Crippen LogP contribution in [0.25, 0.3) is 0 Å². The molecule has 8 nitrogen and oxygen atoms in total. The highest BCUT2D eigenvalue weighted by molar-refractivity contribution is 5.95. The van der Waals surface area contributed by atoms with Crippen LogP contribution >= 0.6 is 0 Å². The number of nitrogens with one attached hydrogen (secondary N) is 1. The molecule has 0 saturated carbocycles. The molecule has 1 N–H and O–H groups in total. The van der Waals surface area contributed by atoms with Gasteiger partial charge in [0.15, 0.2) is 11.5 Å². The summed E-state index contributed by atoms with van der Waals surface area (Å²) >= 11 is 0. The van der Waals surface area contributed by atoms with Crippen molar-refractivity contribution in [1.29, 1.82) is 0 Å². The molecule has 160 valence electrons. The third-order valence-corrected chi connectivity index (χ3v) is 5.37. The van der Waals surface area contributed by atoms with Gasteiger partial charge >= 0.3 is 0 Å². The second kappa shape index (κ2) is 9.42. The lowest BCUT2D eigenvalue weighted by Crippen LogP contribution is -2.38. The number of nitrogens with zero attached hydrogens (tertiary/aromatic N) is 3. The minimum absolute atomic E-state index is 0.0775. The van der Waals surface area contributed by atoms with Crippen LogP contribution in [0.1, 0.15) is 57.5 Å². The molecule has 1 saturated heterocycles. The number of methoxy groups -OCH3 is 1. The van der Waals surface area contributed by atoms with E-state index in [1.165, 1.54) is 0 Å². The van der Waals surface area contributed by atoms with Gasteiger partial charge in [-0.2, -0.15) is 0 Å². The summed E-state index contributed by atoms with van der Waals surface area (Å²) in [5.74, 6) is 0.811. The molecule has 0 spiro atoms. The van der Waals surface area contributed by atoms with Gasteiger partial charge < -0.3 is 19.5 Å². The second-order valence-electron chi connectivity index (χ2n) is 7.40. The highest BCUT2D eigenvalue weighted by atomic mass is 16.5. The average Bonchev–Trinajstić information content (AvgIpc) is 3.33. The maximum absolute atomic E-state index is 13.1. The monoisotopic (exact) mass is 420 g/mol. The van der Waals surface area contributed by atoms with Crippen molar-refractivity contribution >= 4 is 11.8 Å². The topological polar surface area (TPSA) is 97.6 Å². The number of benzene rings is 1. The number of carbonyl (C=O) groups is 2. The lowest BCUT2D eigenvalue weighted by molar-refractivity contribution is 0.0569. The first kappa shape index (κ1) is 20.6. The van der Waals surface area contributed by atoms with Crippen molar-refractivity contribution in [2.45, 2.75) is 31.8 Å². The minimum Gasteiger partial charge on any atom is -0.497 e. The fraction of sp³-hybridized carbons (Fsp3) is 0.304. The lowest BCUT2D eigenvalue weighted by atomic mass is 9.98. The number of carbonyl (C=O) groups excluding carboxylic acids is 2. The molecule has 2 aromatic heterocycles. The molecule has 1 atom stereocenters. The smallest absolute Gasteiger partial charge is 0.273 e. The number of hydrogen-bond donors (Lipinski definition) is 1. The molecule has 8 heteroatoms. The Morgan fingerprint density at radius 3 is 2.81 bits per heavy atom. The zero-order chi connectivity index (χ0) is 21.6. The molecule has 4 rings (SSSR count). The van der Waals surface area contributed by atoms with E-state index in [0.29, 0.717) is 30.2 Å². The third-order valence-electron chi connectivity index (χ3n) is 5.37. The van der Waals surface area contributed by atoms with E-state index in [4.69, 9.17) is 9.26 Å². The largest absolute Gasteiger partial charge is 0.497 e. The number of pyridine rings is 1. The molecule has 1 unspecified atom stereocenters. The van der Waals surface area contributed by atoms with Crippen molar-refractivity contribution in [3.63, 3.8) is 0 Å². The van der Waals surface area contributed by atoms with Crippen LogP contribution in [-0.2, 0) is 6.54 Å². The summed E-state index contributed by atoms with van der Waals surface area (Å²) in [6, 6.07) is 12.1. The number of likely N-dealkylation sites (tertiary alicyclic amines) is 1. The Morgan fingerprint density at radius 2 is 2.06 bits per heavy atom. The number of ether oxygens (including phenoxy) is 1. The summed E-state index contributed by atoms with van der Waals surface area (Å²) in [5, 5.41) is 6.74. The predicted octanol–water partition coefficient (Wildman–Crippen LogP) is 3.38. The van der Waals surface area contributed by atoms with Crippen LogP contribution in [0.15, 0.2) is 59.4 Å². The molecule has 0 radical (unpaired) electrons. The molecule has 1 aromatic carbocycles. The van der Waals surface area contributed by atoms with E-state index in [9.17, 15) is 9.59 Å². The van der Waals surface area contributed by atoms with Crippen LogP contribution in [0.3, 0.4) is 0 Å². The fourth-order valence-electron chi connectivity index (χ4n) is 3.70. The Balaban J connectivity index is 1.46. The predicted molar refractivity (Wildman–Crippen MR) is 113 cm³/mol. The molecule has 1 aliphatic heterocycles. The Labute approximate surface area is 180 Å². The zero-order valence-corrected chi connectivity index (χ0v) is 17.3. The van der Waals surface area contributed by atoms with Gasteiger partial charge in [0.2, 0.25) is 0 Å². The van der Waals surface area contributed by atoms with Gasteiger partial charge in [-0.15, -0.1) is 0 Å². The van der Waals surface area contributed by atoms with Crippen molar-refractivity contribution in [2.24, 2.45) is 0 Å². The number of aromatic nitrogens is 2. The SMILES string of the molecule is COc1ccc(C(=O)N2CCCCC2c2cc(C(=O)NCc3cccnc3)no2)cc1. The Hall–Kier alpha value is -3.68. The molecule has 0 aliphatic carbocycles. The van der Waals surface area contributed by atoms with Crippen molar-refractivity contribution in [2.75, 3.05) is 13.7 Å². The van der Waals surface area contributed by atoms with Crippen LogP contribution in [0, 0.1) is 0 Å². The Bertz CT molecular complexity index is 1030. The van der Waals surface area contributed by atoms with Crippen LogP contribution < -0.4 is 10.1 Å². The van der Waals surface area contributed by atoms with Crippen molar-refractivity contribution < 1.29 is 18.8 Å². The summed E-state index contributed by atoms with van der Waals surface area (Å²) in [4.78, 5) is 31.4. The number of amides is 2. The van der Waals surface area contributed by atoms with Gasteiger partial charge in [0.05, 0.1) is 13.2 Å². The first-order chi connectivity index (χ1) is 15.2. The molecular weight excluding hydrogens is 396 g/mol. The van der Waals surface area contributed by atoms with E-state index in [-0.39, 0.29) is 23.6 Å². The summed E-state index contributed by atoms with van der Waals surface area (Å²) in [6.45, 7) is 0.971. The maximum Gasteiger partial charge on any atom is 0.273 e. The molecule has 0 bridgehead atoms. The highest BCUT2D eigenvalue weighted by Crippen LogP contribution is 2.32. The van der Waals surface area contributed by atoms with Crippen LogP contribution in [0.2, 0.25) is 0 Å². The van der Waals surface area contributed by atoms with Gasteiger partial charge in [-0.05, 0) is 55.2 Å². The van der Waals surface area contributed by atoms with Crippen LogP contribution in [0.4, 0.5) is 0 Å². The Kier molecular flexibility index (Phi) is 6.26. The van der Waals surface area contributed by atoms with E-state index >= 15 is 0 Å². The van der Waals surface area contributed by atoms with Gasteiger partial charge in [-0.25, -0.2) is 0 Å². The first-order valence-electron chi connectivity index (χ1n) is 10.2. The fourth-order valence-corrected chi connectivity index (χ4v) is 3.70.